The van der Waals surface area contributed by atoms with Gasteiger partial charge in [0.05, 0.1) is 6.54 Å². The zero-order valence-electron chi connectivity index (χ0n) is 17.6. The van der Waals surface area contributed by atoms with Crippen molar-refractivity contribution < 1.29 is 4.42 Å². The van der Waals surface area contributed by atoms with E-state index in [4.69, 9.17) is 9.41 Å². The van der Waals surface area contributed by atoms with E-state index in [1.165, 1.54) is 24.9 Å². The predicted molar refractivity (Wildman–Crippen MR) is 114 cm³/mol. The van der Waals surface area contributed by atoms with Crippen LogP contribution in [-0.4, -0.2) is 60.0 Å². The van der Waals surface area contributed by atoms with Crippen molar-refractivity contribution in [3.63, 3.8) is 0 Å². The molecule has 1 fully saturated rings. The fraction of sp³-hybridized carbons (Fsp3) is 0.545. The van der Waals surface area contributed by atoms with Crippen LogP contribution in [0.15, 0.2) is 39.9 Å². The minimum Gasteiger partial charge on any atom is -0.444 e. The van der Waals surface area contributed by atoms with Gasteiger partial charge >= 0.3 is 0 Å². The molecule has 0 aliphatic carbocycles. The maximum Gasteiger partial charge on any atom is 0.226 e. The molecule has 28 heavy (non-hydrogen) atoms. The van der Waals surface area contributed by atoms with Crippen LogP contribution in [0.1, 0.15) is 37.9 Å². The summed E-state index contributed by atoms with van der Waals surface area (Å²) in [4.78, 5) is 14.2. The maximum atomic E-state index is 5.66. The molecule has 152 valence electrons. The second-order valence-corrected chi connectivity index (χ2v) is 7.49. The first-order valence-corrected chi connectivity index (χ1v) is 10.4. The summed E-state index contributed by atoms with van der Waals surface area (Å²) >= 11 is 0. The van der Waals surface area contributed by atoms with Gasteiger partial charge in [-0.3, -0.25) is 4.90 Å². The number of likely N-dealkylation sites (N-methyl/N-ethyl adjacent to an activating group) is 2. The number of nitrogens with zero attached hydrogens (tertiary/aromatic N) is 4. The molecule has 6 nitrogen and oxygen atoms in total. The van der Waals surface area contributed by atoms with Crippen molar-refractivity contribution in [2.45, 2.75) is 46.2 Å². The van der Waals surface area contributed by atoms with Crippen molar-refractivity contribution in [3.05, 3.63) is 41.8 Å². The number of likely N-dealkylation sites (tertiary alicyclic amines) is 1. The van der Waals surface area contributed by atoms with Crippen LogP contribution in [0.4, 0.5) is 0 Å². The number of aliphatic imine (C=N–C) groups is 1. The molecule has 0 radical (unpaired) electrons. The first kappa shape index (κ1) is 20.4. The molecular weight excluding hydrogens is 350 g/mol. The molecule has 1 aromatic carbocycles. The lowest BCUT2D eigenvalue weighted by atomic mass is 10.1. The molecule has 0 bridgehead atoms. The van der Waals surface area contributed by atoms with Crippen molar-refractivity contribution in [2.24, 2.45) is 4.99 Å². The SMILES string of the molecule is CCNC(=NCc1coc(-c2ccc(C)cc2)n1)N(C)CC1CCCN1CC. The van der Waals surface area contributed by atoms with Gasteiger partial charge < -0.3 is 14.6 Å². The molecule has 1 aromatic heterocycles. The number of rotatable bonds is 7. The normalized spacial score (nSPS) is 17.9. The highest BCUT2D eigenvalue weighted by Crippen LogP contribution is 2.20. The van der Waals surface area contributed by atoms with E-state index in [0.717, 1.165) is 36.9 Å². The smallest absolute Gasteiger partial charge is 0.226 e. The van der Waals surface area contributed by atoms with Gasteiger partial charge in [0.1, 0.15) is 12.0 Å². The van der Waals surface area contributed by atoms with Crippen LogP contribution in [0.25, 0.3) is 11.5 Å². The Bertz CT molecular complexity index is 767. The van der Waals surface area contributed by atoms with Crippen LogP contribution in [-0.2, 0) is 6.54 Å². The summed E-state index contributed by atoms with van der Waals surface area (Å²) in [6.07, 6.45) is 4.26. The highest BCUT2D eigenvalue weighted by molar-refractivity contribution is 5.79. The van der Waals surface area contributed by atoms with E-state index in [-0.39, 0.29) is 0 Å². The first-order valence-electron chi connectivity index (χ1n) is 10.4. The average molecular weight is 384 g/mol. The van der Waals surface area contributed by atoms with Gasteiger partial charge in [-0.05, 0) is 51.9 Å². The van der Waals surface area contributed by atoms with E-state index in [9.17, 15) is 0 Å². The summed E-state index contributed by atoms with van der Waals surface area (Å²) in [6.45, 7) is 11.1. The number of guanidine groups is 1. The fourth-order valence-corrected chi connectivity index (χ4v) is 3.75. The number of benzene rings is 1. The molecule has 0 amide bonds. The molecular formula is C22H33N5O. The summed E-state index contributed by atoms with van der Waals surface area (Å²) in [5.41, 5.74) is 3.06. The highest BCUT2D eigenvalue weighted by Gasteiger charge is 2.25. The summed E-state index contributed by atoms with van der Waals surface area (Å²) in [7, 11) is 2.12. The minimum absolute atomic E-state index is 0.504. The van der Waals surface area contributed by atoms with Gasteiger partial charge in [-0.15, -0.1) is 0 Å². The molecule has 1 unspecified atom stereocenters. The van der Waals surface area contributed by atoms with Gasteiger partial charge in [0.25, 0.3) is 0 Å². The minimum atomic E-state index is 0.504. The number of nitrogens with one attached hydrogen (secondary N) is 1. The van der Waals surface area contributed by atoms with E-state index in [1.54, 1.807) is 6.26 Å². The Morgan fingerprint density at radius 2 is 2.11 bits per heavy atom. The maximum absolute atomic E-state index is 5.66. The molecule has 2 aromatic rings. The largest absolute Gasteiger partial charge is 0.444 e. The third-order valence-corrected chi connectivity index (χ3v) is 5.33. The lowest BCUT2D eigenvalue weighted by molar-refractivity contribution is 0.232. The molecule has 1 saturated heterocycles. The predicted octanol–water partition coefficient (Wildman–Crippen LogP) is 3.53. The molecule has 1 N–H and O–H groups in total. The molecule has 0 spiro atoms. The van der Waals surface area contributed by atoms with E-state index in [0.29, 0.717) is 18.5 Å². The van der Waals surface area contributed by atoms with Crippen LogP contribution in [0.2, 0.25) is 0 Å². The van der Waals surface area contributed by atoms with Gasteiger partial charge in [0.2, 0.25) is 5.89 Å². The number of aromatic nitrogens is 1. The third kappa shape index (κ3) is 5.13. The second kappa shape index (κ2) is 9.73. The van der Waals surface area contributed by atoms with Gasteiger partial charge in [0, 0.05) is 31.7 Å². The summed E-state index contributed by atoms with van der Waals surface area (Å²) in [5, 5.41) is 3.40. The number of aryl methyl sites for hydroxylation is 1. The van der Waals surface area contributed by atoms with Crippen molar-refractivity contribution in [2.75, 3.05) is 33.2 Å². The Kier molecular flexibility index (Phi) is 7.09. The number of hydrogen-bond acceptors (Lipinski definition) is 4. The van der Waals surface area contributed by atoms with Crippen LogP contribution in [0, 0.1) is 6.92 Å². The summed E-state index contributed by atoms with van der Waals surface area (Å²) in [6, 6.07) is 8.82. The number of oxazole rings is 1. The van der Waals surface area contributed by atoms with Crippen LogP contribution in [0.3, 0.4) is 0 Å². The summed E-state index contributed by atoms with van der Waals surface area (Å²) < 4.78 is 5.66. The highest BCUT2D eigenvalue weighted by atomic mass is 16.3. The fourth-order valence-electron chi connectivity index (χ4n) is 3.75. The van der Waals surface area contributed by atoms with Gasteiger partial charge in [-0.1, -0.05) is 24.6 Å². The Hall–Kier alpha value is -2.34. The van der Waals surface area contributed by atoms with Crippen LogP contribution in [0.5, 0.6) is 0 Å². The van der Waals surface area contributed by atoms with Crippen LogP contribution < -0.4 is 5.32 Å². The average Bonchev–Trinajstić information content (AvgIpc) is 3.35. The Labute approximate surface area is 168 Å². The molecule has 1 aliphatic rings. The lowest BCUT2D eigenvalue weighted by Crippen LogP contribution is -2.45. The van der Waals surface area contributed by atoms with Crippen LogP contribution >= 0.6 is 0 Å². The Balaban J connectivity index is 1.64. The molecule has 1 aliphatic heterocycles. The second-order valence-electron chi connectivity index (χ2n) is 7.49. The van der Waals surface area contributed by atoms with Crippen molar-refractivity contribution in [1.82, 2.24) is 20.1 Å². The molecule has 3 rings (SSSR count). The van der Waals surface area contributed by atoms with E-state index in [2.05, 4.69) is 60.1 Å². The van der Waals surface area contributed by atoms with Crippen molar-refractivity contribution in [1.29, 1.82) is 0 Å². The molecule has 1 atom stereocenters. The van der Waals surface area contributed by atoms with Crippen molar-refractivity contribution in [3.8, 4) is 11.5 Å². The molecule has 0 saturated carbocycles. The van der Waals surface area contributed by atoms with E-state index < -0.39 is 0 Å². The first-order chi connectivity index (χ1) is 13.6. The van der Waals surface area contributed by atoms with Gasteiger partial charge in [0.15, 0.2) is 5.96 Å². The monoisotopic (exact) mass is 383 g/mol. The summed E-state index contributed by atoms with van der Waals surface area (Å²) in [5.74, 6) is 1.57. The van der Waals surface area contributed by atoms with Gasteiger partial charge in [-0.25, -0.2) is 9.98 Å². The molecule has 2 heterocycles. The standard InChI is InChI=1S/C22H33N5O/c1-5-23-22(26(4)15-20-8-7-13-27(20)6-2)24-14-19-16-28-21(25-19)18-11-9-17(3)10-12-18/h9-12,16,20H,5-8,13-15H2,1-4H3,(H,23,24). The number of hydrogen-bond donors (Lipinski definition) is 1. The Morgan fingerprint density at radius 3 is 2.82 bits per heavy atom. The van der Waals surface area contributed by atoms with E-state index in [1.807, 2.05) is 12.1 Å². The van der Waals surface area contributed by atoms with Crippen molar-refractivity contribution >= 4 is 5.96 Å². The Morgan fingerprint density at radius 1 is 1.32 bits per heavy atom. The molecule has 6 heteroatoms. The lowest BCUT2D eigenvalue weighted by Gasteiger charge is -2.29. The zero-order valence-corrected chi connectivity index (χ0v) is 17.6. The topological polar surface area (TPSA) is 56.9 Å². The van der Waals surface area contributed by atoms with Gasteiger partial charge in [-0.2, -0.15) is 0 Å². The third-order valence-electron chi connectivity index (χ3n) is 5.33. The van der Waals surface area contributed by atoms with E-state index >= 15 is 0 Å². The zero-order chi connectivity index (χ0) is 19.9. The quantitative estimate of drug-likeness (QED) is 0.585.